The Morgan fingerprint density at radius 2 is 2.26 bits per heavy atom. The Balaban J connectivity index is 1.80. The number of aryl methyl sites for hydroxylation is 1. The van der Waals surface area contributed by atoms with E-state index in [9.17, 15) is 4.79 Å². The highest BCUT2D eigenvalue weighted by Gasteiger charge is 2.25. The van der Waals surface area contributed by atoms with Gasteiger partial charge in [-0.25, -0.2) is 0 Å². The molecule has 0 radical (unpaired) electrons. The molecule has 1 saturated heterocycles. The standard InChI is InChI=1S/C14H22N2O2S/c1-11-5-10-19-13(11)14(17)16-7-3-12(4-8-16)18-9-2-6-15/h5,10,12H,2-4,6-9,15H2,1H3. The second-order valence-corrected chi connectivity index (χ2v) is 5.85. The van der Waals surface area contributed by atoms with Crippen LogP contribution in [0, 0.1) is 6.92 Å². The molecule has 4 nitrogen and oxygen atoms in total. The lowest BCUT2D eigenvalue weighted by Crippen LogP contribution is -2.41. The zero-order valence-corrected chi connectivity index (χ0v) is 12.2. The molecule has 106 valence electrons. The Morgan fingerprint density at radius 3 is 2.84 bits per heavy atom. The SMILES string of the molecule is Cc1ccsc1C(=O)N1CCC(OCCCN)CC1. The minimum Gasteiger partial charge on any atom is -0.378 e. The lowest BCUT2D eigenvalue weighted by Gasteiger charge is -2.31. The molecule has 1 aromatic heterocycles. The van der Waals surface area contributed by atoms with Crippen molar-refractivity contribution in [2.45, 2.75) is 32.3 Å². The molecule has 19 heavy (non-hydrogen) atoms. The van der Waals surface area contributed by atoms with Crippen LogP contribution in [0.4, 0.5) is 0 Å². The van der Waals surface area contributed by atoms with Crippen LogP contribution in [0.1, 0.15) is 34.5 Å². The first kappa shape index (κ1) is 14.5. The first-order valence-electron chi connectivity index (χ1n) is 6.87. The number of piperidine rings is 1. The summed E-state index contributed by atoms with van der Waals surface area (Å²) in [5, 5.41) is 1.98. The molecule has 2 heterocycles. The van der Waals surface area contributed by atoms with E-state index in [0.29, 0.717) is 12.6 Å². The highest BCUT2D eigenvalue weighted by molar-refractivity contribution is 7.12. The molecule has 1 fully saturated rings. The number of rotatable bonds is 5. The van der Waals surface area contributed by atoms with E-state index in [4.69, 9.17) is 10.5 Å². The summed E-state index contributed by atoms with van der Waals surface area (Å²) >= 11 is 1.53. The third kappa shape index (κ3) is 3.78. The number of hydrogen-bond donors (Lipinski definition) is 1. The van der Waals surface area contributed by atoms with Gasteiger partial charge in [0.2, 0.25) is 0 Å². The molecular formula is C14H22N2O2S. The molecule has 2 N–H and O–H groups in total. The highest BCUT2D eigenvalue weighted by Crippen LogP contribution is 2.21. The predicted molar refractivity (Wildman–Crippen MR) is 77.6 cm³/mol. The van der Waals surface area contributed by atoms with Gasteiger partial charge >= 0.3 is 0 Å². The van der Waals surface area contributed by atoms with Gasteiger partial charge in [-0.15, -0.1) is 11.3 Å². The smallest absolute Gasteiger partial charge is 0.264 e. The number of carbonyl (C=O) groups is 1. The van der Waals surface area contributed by atoms with Crippen LogP contribution in [0.2, 0.25) is 0 Å². The third-order valence-corrected chi connectivity index (χ3v) is 4.49. The third-order valence-electron chi connectivity index (χ3n) is 3.49. The monoisotopic (exact) mass is 282 g/mol. The molecule has 1 amide bonds. The molecule has 0 atom stereocenters. The predicted octanol–water partition coefficient (Wildman–Crippen LogP) is 2.03. The molecule has 1 aromatic rings. The summed E-state index contributed by atoms with van der Waals surface area (Å²) in [5.74, 6) is 0.174. The maximum Gasteiger partial charge on any atom is 0.264 e. The zero-order valence-electron chi connectivity index (χ0n) is 11.4. The van der Waals surface area contributed by atoms with Crippen LogP contribution < -0.4 is 5.73 Å². The van der Waals surface area contributed by atoms with Crippen LogP contribution in [0.15, 0.2) is 11.4 Å². The summed E-state index contributed by atoms with van der Waals surface area (Å²) in [7, 11) is 0. The van der Waals surface area contributed by atoms with Crippen LogP contribution in [-0.4, -0.2) is 43.2 Å². The molecule has 1 aliphatic rings. The number of likely N-dealkylation sites (tertiary alicyclic amines) is 1. The van der Waals surface area contributed by atoms with Crippen molar-refractivity contribution in [3.8, 4) is 0 Å². The summed E-state index contributed by atoms with van der Waals surface area (Å²) in [4.78, 5) is 15.2. The Labute approximate surface area is 118 Å². The molecule has 0 aromatic carbocycles. The van der Waals surface area contributed by atoms with Gasteiger partial charge in [0, 0.05) is 19.7 Å². The number of thiophene rings is 1. The van der Waals surface area contributed by atoms with Gasteiger partial charge in [-0.05, 0) is 49.7 Å². The Kier molecular flexibility index (Phi) is 5.36. The Hall–Kier alpha value is -0.910. The summed E-state index contributed by atoms with van der Waals surface area (Å²) < 4.78 is 5.75. The van der Waals surface area contributed by atoms with Gasteiger partial charge < -0.3 is 15.4 Å². The number of ether oxygens (including phenoxy) is 1. The lowest BCUT2D eigenvalue weighted by molar-refractivity contribution is 0.00856. The number of nitrogens with two attached hydrogens (primary N) is 1. The van der Waals surface area contributed by atoms with Crippen molar-refractivity contribution in [2.24, 2.45) is 5.73 Å². The summed E-state index contributed by atoms with van der Waals surface area (Å²) in [6, 6.07) is 2.00. The van der Waals surface area contributed by atoms with E-state index in [1.807, 2.05) is 23.3 Å². The zero-order chi connectivity index (χ0) is 13.7. The average molecular weight is 282 g/mol. The largest absolute Gasteiger partial charge is 0.378 e. The van der Waals surface area contributed by atoms with Gasteiger partial charge in [0.25, 0.3) is 5.91 Å². The van der Waals surface area contributed by atoms with Gasteiger partial charge in [-0.2, -0.15) is 0 Å². The number of hydrogen-bond acceptors (Lipinski definition) is 4. The van der Waals surface area contributed by atoms with E-state index in [1.54, 1.807) is 0 Å². The molecule has 0 saturated carbocycles. The van der Waals surface area contributed by atoms with Gasteiger partial charge in [-0.1, -0.05) is 0 Å². The minimum atomic E-state index is 0.174. The first-order valence-corrected chi connectivity index (χ1v) is 7.75. The fourth-order valence-electron chi connectivity index (χ4n) is 2.29. The van der Waals surface area contributed by atoms with Crippen molar-refractivity contribution in [3.63, 3.8) is 0 Å². The Morgan fingerprint density at radius 1 is 1.53 bits per heavy atom. The van der Waals surface area contributed by atoms with Crippen molar-refractivity contribution < 1.29 is 9.53 Å². The van der Waals surface area contributed by atoms with Gasteiger partial charge in [-0.3, -0.25) is 4.79 Å². The number of nitrogens with zero attached hydrogens (tertiary/aromatic N) is 1. The minimum absolute atomic E-state index is 0.174. The molecule has 0 bridgehead atoms. The van der Waals surface area contributed by atoms with Crippen LogP contribution >= 0.6 is 11.3 Å². The molecule has 0 aliphatic carbocycles. The molecular weight excluding hydrogens is 260 g/mol. The summed E-state index contributed by atoms with van der Waals surface area (Å²) in [6.07, 6.45) is 3.06. The molecule has 5 heteroatoms. The maximum atomic E-state index is 12.3. The maximum absolute atomic E-state index is 12.3. The van der Waals surface area contributed by atoms with Crippen LogP contribution in [0.5, 0.6) is 0 Å². The second-order valence-electron chi connectivity index (χ2n) is 4.94. The second kappa shape index (κ2) is 7.03. The van der Waals surface area contributed by atoms with E-state index in [2.05, 4.69) is 0 Å². The van der Waals surface area contributed by atoms with Crippen molar-refractivity contribution in [1.29, 1.82) is 0 Å². The highest BCUT2D eigenvalue weighted by atomic mass is 32.1. The fourth-order valence-corrected chi connectivity index (χ4v) is 3.19. The van der Waals surface area contributed by atoms with E-state index >= 15 is 0 Å². The van der Waals surface area contributed by atoms with Crippen LogP contribution in [0.3, 0.4) is 0 Å². The molecule has 2 rings (SSSR count). The average Bonchev–Trinajstić information content (AvgIpc) is 2.85. The van der Waals surface area contributed by atoms with Crippen molar-refractivity contribution >= 4 is 17.2 Å². The number of amides is 1. The van der Waals surface area contributed by atoms with E-state index < -0.39 is 0 Å². The lowest BCUT2D eigenvalue weighted by atomic mass is 10.1. The molecule has 0 spiro atoms. The summed E-state index contributed by atoms with van der Waals surface area (Å²) in [6.45, 7) is 4.99. The van der Waals surface area contributed by atoms with Crippen LogP contribution in [0.25, 0.3) is 0 Å². The molecule has 1 aliphatic heterocycles. The Bertz CT molecular complexity index is 411. The van der Waals surface area contributed by atoms with E-state index in [0.717, 1.165) is 49.4 Å². The van der Waals surface area contributed by atoms with Gasteiger partial charge in [0.15, 0.2) is 0 Å². The van der Waals surface area contributed by atoms with Crippen LogP contribution in [-0.2, 0) is 4.74 Å². The van der Waals surface area contributed by atoms with Crippen molar-refractivity contribution in [2.75, 3.05) is 26.2 Å². The van der Waals surface area contributed by atoms with E-state index in [-0.39, 0.29) is 5.91 Å². The van der Waals surface area contributed by atoms with E-state index in [1.165, 1.54) is 11.3 Å². The summed E-state index contributed by atoms with van der Waals surface area (Å²) in [5.41, 5.74) is 6.52. The quantitative estimate of drug-likeness (QED) is 0.841. The fraction of sp³-hybridized carbons (Fsp3) is 0.643. The van der Waals surface area contributed by atoms with Crippen molar-refractivity contribution in [1.82, 2.24) is 4.90 Å². The first-order chi connectivity index (χ1) is 9.22. The van der Waals surface area contributed by atoms with Gasteiger partial charge in [0.1, 0.15) is 0 Å². The number of carbonyl (C=O) groups excluding carboxylic acids is 1. The topological polar surface area (TPSA) is 55.6 Å². The van der Waals surface area contributed by atoms with Crippen molar-refractivity contribution in [3.05, 3.63) is 21.9 Å². The van der Waals surface area contributed by atoms with Gasteiger partial charge in [0.05, 0.1) is 11.0 Å². The normalized spacial score (nSPS) is 16.8. The molecule has 0 unspecified atom stereocenters.